The largest absolute Gasteiger partial charge is 0.462 e. The number of halogens is 5. The van der Waals surface area contributed by atoms with Gasteiger partial charge in [-0.15, -0.1) is 0 Å². The lowest BCUT2D eigenvalue weighted by Gasteiger charge is -2.20. The van der Waals surface area contributed by atoms with Crippen LogP contribution in [0, 0.1) is 29.1 Å². The van der Waals surface area contributed by atoms with E-state index in [0.29, 0.717) is 0 Å². The fraction of sp³-hybridized carbons (Fsp3) is 0.235. The summed E-state index contributed by atoms with van der Waals surface area (Å²) in [6.45, 7) is -2.03. The highest BCUT2D eigenvalue weighted by Gasteiger charge is 2.35. The quantitative estimate of drug-likeness (QED) is 0.194. The van der Waals surface area contributed by atoms with Gasteiger partial charge < -0.3 is 9.26 Å². The zero-order valence-corrected chi connectivity index (χ0v) is 16.8. The Bertz CT molecular complexity index is 916. The third-order valence-electron chi connectivity index (χ3n) is 3.13. The van der Waals surface area contributed by atoms with Crippen molar-refractivity contribution in [1.82, 2.24) is 5.09 Å². The summed E-state index contributed by atoms with van der Waals surface area (Å²) in [7, 11) is 0. The van der Waals surface area contributed by atoms with Crippen LogP contribution < -0.4 is 9.61 Å². The molecule has 0 saturated carbocycles. The standard InChI is InChI=1S/C17H15F5NO4PS/c1-9(2)26-11(24)8-23-28(25,27-10-6-4-3-5-7-10)29-17-15(21)13(19)12(18)14(20)16(17)22/h3-7,9H,8H2,1-2H3,(H,23,25)/t28-/m0/s1. The molecule has 2 aromatic carbocycles. The predicted molar refractivity (Wildman–Crippen MR) is 96.0 cm³/mol. The first-order valence-electron chi connectivity index (χ1n) is 8.04. The number of carbonyl (C=O) groups excluding carboxylic acids is 1. The van der Waals surface area contributed by atoms with Crippen molar-refractivity contribution < 1.29 is 40.6 Å². The van der Waals surface area contributed by atoms with Crippen LogP contribution in [-0.4, -0.2) is 18.6 Å². The van der Waals surface area contributed by atoms with Crippen LogP contribution in [0.2, 0.25) is 0 Å². The van der Waals surface area contributed by atoms with Crippen LogP contribution in [0.5, 0.6) is 5.75 Å². The van der Waals surface area contributed by atoms with Gasteiger partial charge in [-0.1, -0.05) is 18.2 Å². The third kappa shape index (κ3) is 5.94. The van der Waals surface area contributed by atoms with E-state index in [1.165, 1.54) is 24.3 Å². The summed E-state index contributed by atoms with van der Waals surface area (Å²) in [5.41, 5.74) is 0. The minimum absolute atomic E-state index is 0.0306. The van der Waals surface area contributed by atoms with Crippen molar-refractivity contribution in [2.45, 2.75) is 24.8 Å². The molecule has 12 heteroatoms. The molecule has 0 bridgehead atoms. The molecule has 0 aliphatic heterocycles. The number of benzene rings is 2. The van der Waals surface area contributed by atoms with Gasteiger partial charge >= 0.3 is 12.7 Å². The SMILES string of the molecule is CC(C)OC(=O)CN[P@](=O)(Oc1ccccc1)Sc1c(F)c(F)c(F)c(F)c1F. The number of hydrogen-bond acceptors (Lipinski definition) is 5. The number of rotatable bonds is 8. The van der Waals surface area contributed by atoms with Crippen LogP contribution in [0.25, 0.3) is 0 Å². The fourth-order valence-corrected chi connectivity index (χ4v) is 5.38. The van der Waals surface area contributed by atoms with Crippen LogP contribution in [-0.2, 0) is 14.1 Å². The first-order valence-corrected chi connectivity index (χ1v) is 11.1. The molecule has 1 atom stereocenters. The van der Waals surface area contributed by atoms with E-state index in [4.69, 9.17) is 9.26 Å². The zero-order chi connectivity index (χ0) is 21.8. The predicted octanol–water partition coefficient (Wildman–Crippen LogP) is 5.20. The van der Waals surface area contributed by atoms with E-state index in [1.54, 1.807) is 19.9 Å². The third-order valence-corrected chi connectivity index (χ3v) is 6.79. The van der Waals surface area contributed by atoms with Crippen LogP contribution >= 0.6 is 18.1 Å². The minimum atomic E-state index is -4.44. The zero-order valence-electron chi connectivity index (χ0n) is 15.0. The van der Waals surface area contributed by atoms with E-state index in [2.05, 4.69) is 5.09 Å². The number of carbonyl (C=O) groups is 1. The van der Waals surface area contributed by atoms with Gasteiger partial charge in [0.15, 0.2) is 23.3 Å². The number of nitrogens with one attached hydrogen (secondary N) is 1. The lowest BCUT2D eigenvalue weighted by atomic mass is 10.3. The molecule has 5 nitrogen and oxygen atoms in total. The number of esters is 1. The first kappa shape index (κ1) is 23.2. The summed E-state index contributed by atoms with van der Waals surface area (Å²) < 4.78 is 91.3. The molecule has 0 aromatic heterocycles. The Balaban J connectivity index is 2.38. The molecule has 0 fully saturated rings. The highest BCUT2D eigenvalue weighted by Crippen LogP contribution is 2.60. The molecule has 0 aliphatic rings. The van der Waals surface area contributed by atoms with Crippen molar-refractivity contribution in [2.24, 2.45) is 0 Å². The van der Waals surface area contributed by atoms with Gasteiger partial charge in [0.25, 0.3) is 0 Å². The van der Waals surface area contributed by atoms with Crippen molar-refractivity contribution in [3.63, 3.8) is 0 Å². The topological polar surface area (TPSA) is 64.6 Å². The van der Waals surface area contributed by atoms with Crippen LogP contribution in [0.3, 0.4) is 0 Å². The normalized spacial score (nSPS) is 13.2. The Kier molecular flexibility index (Phi) is 7.67. The van der Waals surface area contributed by atoms with Crippen molar-refractivity contribution in [1.29, 1.82) is 0 Å². The van der Waals surface area contributed by atoms with E-state index in [0.717, 1.165) is 0 Å². The summed E-state index contributed by atoms with van der Waals surface area (Å²) in [6, 6.07) is 7.29. The van der Waals surface area contributed by atoms with Gasteiger partial charge in [0, 0.05) is 11.4 Å². The number of para-hydroxylation sites is 1. The molecule has 0 saturated heterocycles. The Morgan fingerprint density at radius 1 is 1.00 bits per heavy atom. The van der Waals surface area contributed by atoms with Crippen LogP contribution in [0.15, 0.2) is 35.2 Å². The maximum Gasteiger partial charge on any atom is 0.379 e. The summed E-state index contributed by atoms with van der Waals surface area (Å²) in [6.07, 6.45) is -0.499. The molecule has 0 aliphatic carbocycles. The molecular formula is C17H15F5NO4PS. The minimum Gasteiger partial charge on any atom is -0.462 e. The van der Waals surface area contributed by atoms with Gasteiger partial charge in [0.05, 0.1) is 11.0 Å². The smallest absolute Gasteiger partial charge is 0.379 e. The highest BCUT2D eigenvalue weighted by molar-refractivity contribution is 8.56. The average Bonchev–Trinajstić information content (AvgIpc) is 2.67. The monoisotopic (exact) mass is 455 g/mol. The molecule has 2 rings (SSSR count). The molecular weight excluding hydrogens is 440 g/mol. The Morgan fingerprint density at radius 2 is 1.52 bits per heavy atom. The summed E-state index contributed by atoms with van der Waals surface area (Å²) in [4.78, 5) is 10.3. The average molecular weight is 455 g/mol. The number of ether oxygens (including phenoxy) is 1. The van der Waals surface area contributed by atoms with Gasteiger partial charge in [-0.3, -0.25) is 4.79 Å². The van der Waals surface area contributed by atoms with Crippen LogP contribution in [0.4, 0.5) is 22.0 Å². The molecule has 0 radical (unpaired) electrons. The molecule has 29 heavy (non-hydrogen) atoms. The maximum absolute atomic E-state index is 14.0. The van der Waals surface area contributed by atoms with E-state index in [-0.39, 0.29) is 17.1 Å². The van der Waals surface area contributed by atoms with E-state index in [9.17, 15) is 31.3 Å². The molecule has 0 heterocycles. The van der Waals surface area contributed by atoms with Crippen molar-refractivity contribution in [3.05, 3.63) is 59.4 Å². The molecule has 158 valence electrons. The second kappa shape index (κ2) is 9.60. The summed E-state index contributed by atoms with van der Waals surface area (Å²) in [5, 5.41) is 2.16. The second-order valence-electron chi connectivity index (χ2n) is 5.77. The molecule has 0 spiro atoms. The Labute approximate surface area is 166 Å². The van der Waals surface area contributed by atoms with Gasteiger partial charge in [-0.2, -0.15) is 0 Å². The van der Waals surface area contributed by atoms with Gasteiger partial charge in [0.1, 0.15) is 12.3 Å². The summed E-state index contributed by atoms with van der Waals surface area (Å²) in [5.74, 6) is -12.0. The second-order valence-corrected chi connectivity index (χ2v) is 9.84. The van der Waals surface area contributed by atoms with E-state index in [1.807, 2.05) is 0 Å². The Morgan fingerprint density at radius 3 is 2.03 bits per heavy atom. The Hall–Kier alpha value is -2.10. The van der Waals surface area contributed by atoms with Crippen LogP contribution in [0.1, 0.15) is 13.8 Å². The van der Waals surface area contributed by atoms with Gasteiger partial charge in [-0.25, -0.2) is 31.6 Å². The van der Waals surface area contributed by atoms with E-state index < -0.39 is 59.3 Å². The molecule has 0 amide bonds. The highest BCUT2D eigenvalue weighted by atomic mass is 32.7. The molecule has 0 unspecified atom stereocenters. The maximum atomic E-state index is 14.0. The lowest BCUT2D eigenvalue weighted by Crippen LogP contribution is -2.25. The number of hydrogen-bond donors (Lipinski definition) is 1. The van der Waals surface area contributed by atoms with E-state index >= 15 is 0 Å². The van der Waals surface area contributed by atoms with Gasteiger partial charge in [-0.05, 0) is 26.0 Å². The van der Waals surface area contributed by atoms with Crippen molar-refractivity contribution in [3.8, 4) is 5.75 Å². The van der Waals surface area contributed by atoms with Gasteiger partial charge in [0.2, 0.25) is 5.82 Å². The van der Waals surface area contributed by atoms with Crippen molar-refractivity contribution in [2.75, 3.05) is 6.54 Å². The lowest BCUT2D eigenvalue weighted by molar-refractivity contribution is -0.145. The first-order chi connectivity index (χ1) is 13.5. The van der Waals surface area contributed by atoms with Crippen molar-refractivity contribution >= 4 is 24.1 Å². The fourth-order valence-electron chi connectivity index (χ4n) is 1.95. The molecule has 2 aromatic rings. The summed E-state index contributed by atoms with van der Waals surface area (Å²) >= 11 is -0.245. The molecule has 1 N–H and O–H groups in total.